The highest BCUT2D eigenvalue weighted by Gasteiger charge is 2.11. The van der Waals surface area contributed by atoms with Crippen LogP contribution in [0.4, 0.5) is 0 Å². The maximum Gasteiger partial charge on any atom is 0.160 e. The Morgan fingerprint density at radius 1 is 0.351 bits per heavy atom. The molecule has 0 aliphatic rings. The fourth-order valence-corrected chi connectivity index (χ4v) is 4.43. The Morgan fingerprint density at radius 2 is 0.703 bits per heavy atom. The van der Waals surface area contributed by atoms with Gasteiger partial charge in [-0.15, -0.1) is 0 Å². The fourth-order valence-electron chi connectivity index (χ4n) is 4.43. The van der Waals surface area contributed by atoms with Gasteiger partial charge in [0.1, 0.15) is 7.85 Å². The third-order valence-electron chi connectivity index (χ3n) is 6.47. The molecule has 5 aromatic carbocycles. The van der Waals surface area contributed by atoms with Gasteiger partial charge in [0.25, 0.3) is 0 Å². The minimum atomic E-state index is 0.711. The smallest absolute Gasteiger partial charge is 0.160 e. The van der Waals surface area contributed by atoms with Crippen LogP contribution in [0.3, 0.4) is 0 Å². The van der Waals surface area contributed by atoms with Crippen molar-refractivity contribution < 1.29 is 0 Å². The Kier molecular flexibility index (Phi) is 6.18. The van der Waals surface area contributed by atoms with E-state index >= 15 is 0 Å². The molecule has 0 atom stereocenters. The number of aromatic nitrogens is 2. The molecule has 2 nitrogen and oxygen atoms in total. The van der Waals surface area contributed by atoms with E-state index < -0.39 is 0 Å². The minimum absolute atomic E-state index is 0.711. The van der Waals surface area contributed by atoms with Crippen molar-refractivity contribution >= 4 is 13.3 Å². The molecule has 0 amide bonds. The molecule has 0 spiro atoms. The zero-order valence-corrected chi connectivity index (χ0v) is 20.3. The summed E-state index contributed by atoms with van der Waals surface area (Å²) in [6, 6.07) is 47.6. The van der Waals surface area contributed by atoms with Gasteiger partial charge < -0.3 is 0 Å². The van der Waals surface area contributed by atoms with Gasteiger partial charge in [-0.25, -0.2) is 9.97 Å². The van der Waals surface area contributed by atoms with Crippen LogP contribution < -0.4 is 5.46 Å². The molecule has 6 aromatic rings. The molecule has 0 bridgehead atoms. The van der Waals surface area contributed by atoms with E-state index in [1.807, 2.05) is 60.7 Å². The summed E-state index contributed by atoms with van der Waals surface area (Å²) in [5, 5.41) is 0. The molecule has 0 N–H and O–H groups in total. The average Bonchev–Trinajstić information content (AvgIpc) is 2.98. The van der Waals surface area contributed by atoms with Gasteiger partial charge in [0, 0.05) is 16.7 Å². The summed E-state index contributed by atoms with van der Waals surface area (Å²) in [7, 11) is 5.85. The van der Waals surface area contributed by atoms with E-state index in [0.29, 0.717) is 5.82 Å². The van der Waals surface area contributed by atoms with Gasteiger partial charge in [0.2, 0.25) is 0 Å². The van der Waals surface area contributed by atoms with Crippen molar-refractivity contribution in [2.24, 2.45) is 0 Å². The highest BCUT2D eigenvalue weighted by Crippen LogP contribution is 2.30. The van der Waals surface area contributed by atoms with Crippen molar-refractivity contribution in [2.75, 3.05) is 0 Å². The molecule has 1 heterocycles. The predicted octanol–water partition coefficient (Wildman–Crippen LogP) is 7.61. The van der Waals surface area contributed by atoms with Crippen molar-refractivity contribution in [3.63, 3.8) is 0 Å². The van der Waals surface area contributed by atoms with Crippen molar-refractivity contribution in [1.82, 2.24) is 9.97 Å². The minimum Gasteiger partial charge on any atom is -0.228 e. The van der Waals surface area contributed by atoms with Crippen LogP contribution in [-0.4, -0.2) is 17.8 Å². The molecule has 0 fully saturated rings. The lowest BCUT2D eigenvalue weighted by Gasteiger charge is -2.11. The summed E-state index contributed by atoms with van der Waals surface area (Å²) in [5.41, 5.74) is 10.3. The van der Waals surface area contributed by atoms with Gasteiger partial charge in [-0.3, -0.25) is 0 Å². The molecule has 172 valence electrons. The van der Waals surface area contributed by atoms with Crippen molar-refractivity contribution in [1.29, 1.82) is 0 Å². The van der Waals surface area contributed by atoms with Crippen LogP contribution in [0.25, 0.3) is 56.2 Å². The Hall–Kier alpha value is -4.76. The third kappa shape index (κ3) is 4.98. The van der Waals surface area contributed by atoms with Crippen LogP contribution in [0.15, 0.2) is 140 Å². The predicted molar refractivity (Wildman–Crippen MR) is 155 cm³/mol. The van der Waals surface area contributed by atoms with E-state index in [9.17, 15) is 0 Å². The second kappa shape index (κ2) is 10.1. The number of benzene rings is 5. The van der Waals surface area contributed by atoms with Crippen LogP contribution in [0, 0.1) is 0 Å². The molecular formula is C34H23BN2. The molecule has 6 rings (SSSR count). The topological polar surface area (TPSA) is 25.8 Å². The Balaban J connectivity index is 1.40. The van der Waals surface area contributed by atoms with Gasteiger partial charge in [-0.2, -0.15) is 0 Å². The Bertz CT molecular complexity index is 1630. The van der Waals surface area contributed by atoms with Gasteiger partial charge in [0.15, 0.2) is 5.82 Å². The number of nitrogens with zero attached hydrogens (tertiary/aromatic N) is 2. The SMILES string of the molecule is [B]c1ccc(-c2ccc(-c3cc(-c4ccc(-c5ccccc5)cc4)nc(-c4ccccc4)n3)cc2)cc1. The highest BCUT2D eigenvalue weighted by molar-refractivity contribution is 6.32. The lowest BCUT2D eigenvalue weighted by Crippen LogP contribution is -1.99. The molecule has 3 heteroatoms. The molecule has 0 aliphatic carbocycles. The maximum atomic E-state index is 5.85. The highest BCUT2D eigenvalue weighted by atomic mass is 14.9. The van der Waals surface area contributed by atoms with Gasteiger partial charge in [0.05, 0.1) is 11.4 Å². The third-order valence-corrected chi connectivity index (χ3v) is 6.47. The van der Waals surface area contributed by atoms with Crippen LogP contribution in [0.2, 0.25) is 0 Å². The summed E-state index contributed by atoms with van der Waals surface area (Å²) in [6.45, 7) is 0. The quantitative estimate of drug-likeness (QED) is 0.243. The van der Waals surface area contributed by atoms with Crippen molar-refractivity contribution in [3.05, 3.63) is 140 Å². The molecule has 37 heavy (non-hydrogen) atoms. The van der Waals surface area contributed by atoms with E-state index in [1.165, 1.54) is 11.1 Å². The van der Waals surface area contributed by atoms with Crippen molar-refractivity contribution in [3.8, 4) is 56.2 Å². The van der Waals surface area contributed by atoms with E-state index in [2.05, 4.69) is 78.9 Å². The van der Waals surface area contributed by atoms with Gasteiger partial charge >= 0.3 is 0 Å². The molecule has 0 unspecified atom stereocenters. The molecule has 0 saturated heterocycles. The monoisotopic (exact) mass is 470 g/mol. The van der Waals surface area contributed by atoms with Crippen LogP contribution >= 0.6 is 0 Å². The summed E-state index contributed by atoms with van der Waals surface area (Å²) >= 11 is 0. The normalized spacial score (nSPS) is 10.8. The average molecular weight is 470 g/mol. The Labute approximate surface area is 218 Å². The standard InChI is InChI=1S/C34H23BN2/c35-31-21-19-27(20-22-31)26-13-17-29(18-14-26)33-23-32(36-34(37-33)30-9-5-2-6-10-30)28-15-11-25(12-16-28)24-7-3-1-4-8-24/h1-23H. The largest absolute Gasteiger partial charge is 0.228 e. The summed E-state index contributed by atoms with van der Waals surface area (Å²) < 4.78 is 0. The van der Waals surface area contributed by atoms with Gasteiger partial charge in [-0.1, -0.05) is 139 Å². The summed E-state index contributed by atoms with van der Waals surface area (Å²) in [6.07, 6.45) is 0. The van der Waals surface area contributed by atoms with E-state index in [1.54, 1.807) is 0 Å². The second-order valence-corrected chi connectivity index (χ2v) is 8.97. The van der Waals surface area contributed by atoms with E-state index in [0.717, 1.165) is 44.7 Å². The van der Waals surface area contributed by atoms with Gasteiger partial charge in [-0.05, 0) is 28.3 Å². The van der Waals surface area contributed by atoms with E-state index in [4.69, 9.17) is 17.8 Å². The number of hydrogen-bond donors (Lipinski definition) is 0. The number of hydrogen-bond acceptors (Lipinski definition) is 2. The Morgan fingerprint density at radius 3 is 1.16 bits per heavy atom. The maximum absolute atomic E-state index is 5.85. The lowest BCUT2D eigenvalue weighted by atomic mass is 9.93. The molecule has 0 aliphatic heterocycles. The first-order chi connectivity index (χ1) is 18.2. The van der Waals surface area contributed by atoms with Crippen LogP contribution in [0.5, 0.6) is 0 Å². The lowest BCUT2D eigenvalue weighted by molar-refractivity contribution is 1.18. The zero-order chi connectivity index (χ0) is 25.0. The molecule has 2 radical (unpaired) electrons. The first-order valence-corrected chi connectivity index (χ1v) is 12.3. The van der Waals surface area contributed by atoms with Crippen LogP contribution in [0.1, 0.15) is 0 Å². The molecular weight excluding hydrogens is 447 g/mol. The second-order valence-electron chi connectivity index (χ2n) is 8.97. The van der Waals surface area contributed by atoms with E-state index in [-0.39, 0.29) is 0 Å². The first-order valence-electron chi connectivity index (χ1n) is 12.3. The van der Waals surface area contributed by atoms with Crippen LogP contribution in [-0.2, 0) is 0 Å². The first kappa shape index (κ1) is 22.7. The summed E-state index contributed by atoms with van der Waals surface area (Å²) in [5.74, 6) is 0.711. The molecule has 0 saturated carbocycles. The molecule has 1 aromatic heterocycles. The van der Waals surface area contributed by atoms with Crippen molar-refractivity contribution in [2.45, 2.75) is 0 Å². The fraction of sp³-hybridized carbons (Fsp3) is 0. The zero-order valence-electron chi connectivity index (χ0n) is 20.3. The number of rotatable bonds is 5. The summed E-state index contributed by atoms with van der Waals surface area (Å²) in [4.78, 5) is 9.90.